The van der Waals surface area contributed by atoms with E-state index in [2.05, 4.69) is 48.5 Å². The SMILES string of the molecule is Cc1cccc2nc(CCl)n(CC3CC3(C)C)c12. The van der Waals surface area contributed by atoms with Crippen molar-refractivity contribution in [3.05, 3.63) is 29.6 Å². The number of aromatic nitrogens is 2. The van der Waals surface area contributed by atoms with Gasteiger partial charge in [-0.3, -0.25) is 0 Å². The molecule has 1 saturated carbocycles. The average molecular weight is 263 g/mol. The number of imidazole rings is 1. The largest absolute Gasteiger partial charge is 0.326 e. The van der Waals surface area contributed by atoms with E-state index in [0.717, 1.165) is 23.8 Å². The van der Waals surface area contributed by atoms with Crippen molar-refractivity contribution in [2.75, 3.05) is 0 Å². The lowest BCUT2D eigenvalue weighted by atomic mass is 10.1. The molecular weight excluding hydrogens is 244 g/mol. The predicted molar refractivity (Wildman–Crippen MR) is 75.9 cm³/mol. The molecule has 0 saturated heterocycles. The Balaban J connectivity index is 2.08. The Bertz CT molecular complexity index is 598. The Hall–Kier alpha value is -1.02. The second-order valence-electron chi connectivity index (χ2n) is 6.10. The lowest BCUT2D eigenvalue weighted by molar-refractivity contribution is 0.498. The molecule has 0 bridgehead atoms. The topological polar surface area (TPSA) is 17.8 Å². The molecule has 1 heterocycles. The summed E-state index contributed by atoms with van der Waals surface area (Å²) in [5, 5.41) is 0. The van der Waals surface area contributed by atoms with Gasteiger partial charge in [0, 0.05) is 6.54 Å². The maximum absolute atomic E-state index is 6.05. The molecule has 1 aliphatic carbocycles. The van der Waals surface area contributed by atoms with Gasteiger partial charge in [0.25, 0.3) is 0 Å². The van der Waals surface area contributed by atoms with Crippen molar-refractivity contribution < 1.29 is 0 Å². The van der Waals surface area contributed by atoms with Crippen molar-refractivity contribution >= 4 is 22.6 Å². The van der Waals surface area contributed by atoms with E-state index in [1.165, 1.54) is 17.5 Å². The van der Waals surface area contributed by atoms with Crippen LogP contribution in [0.3, 0.4) is 0 Å². The van der Waals surface area contributed by atoms with Gasteiger partial charge in [0.15, 0.2) is 0 Å². The molecular formula is C15H19ClN2. The molecule has 0 aliphatic heterocycles. The predicted octanol–water partition coefficient (Wildman–Crippen LogP) is 4.13. The van der Waals surface area contributed by atoms with Gasteiger partial charge in [-0.2, -0.15) is 0 Å². The lowest BCUT2D eigenvalue weighted by Gasteiger charge is -2.10. The number of halogens is 1. The minimum atomic E-state index is 0.487. The Kier molecular flexibility index (Phi) is 2.67. The molecule has 96 valence electrons. The molecule has 0 N–H and O–H groups in total. The average Bonchev–Trinajstić information content (AvgIpc) is 2.77. The van der Waals surface area contributed by atoms with E-state index < -0.39 is 0 Å². The summed E-state index contributed by atoms with van der Waals surface area (Å²) in [5.41, 5.74) is 4.11. The molecule has 1 aliphatic rings. The number of hydrogen-bond acceptors (Lipinski definition) is 1. The summed E-state index contributed by atoms with van der Waals surface area (Å²) < 4.78 is 2.33. The smallest absolute Gasteiger partial charge is 0.124 e. The van der Waals surface area contributed by atoms with Gasteiger partial charge in [0.05, 0.1) is 16.9 Å². The highest BCUT2D eigenvalue weighted by molar-refractivity contribution is 6.16. The quantitative estimate of drug-likeness (QED) is 0.761. The first-order valence-corrected chi connectivity index (χ1v) is 7.07. The number of rotatable bonds is 3. The van der Waals surface area contributed by atoms with Crippen LogP contribution in [0.1, 0.15) is 31.7 Å². The number of para-hydroxylation sites is 1. The van der Waals surface area contributed by atoms with Crippen molar-refractivity contribution in [2.24, 2.45) is 11.3 Å². The maximum Gasteiger partial charge on any atom is 0.124 e. The number of benzene rings is 1. The van der Waals surface area contributed by atoms with Gasteiger partial charge in [0.2, 0.25) is 0 Å². The van der Waals surface area contributed by atoms with E-state index >= 15 is 0 Å². The highest BCUT2D eigenvalue weighted by atomic mass is 35.5. The fourth-order valence-corrected chi connectivity index (χ4v) is 3.02. The maximum atomic E-state index is 6.05. The summed E-state index contributed by atoms with van der Waals surface area (Å²) in [6.45, 7) is 7.88. The minimum Gasteiger partial charge on any atom is -0.326 e. The molecule has 2 nitrogen and oxygen atoms in total. The van der Waals surface area contributed by atoms with E-state index in [0.29, 0.717) is 11.3 Å². The van der Waals surface area contributed by atoms with Crippen LogP contribution in [-0.4, -0.2) is 9.55 Å². The monoisotopic (exact) mass is 262 g/mol. The third-order valence-electron chi connectivity index (χ3n) is 4.29. The van der Waals surface area contributed by atoms with Gasteiger partial charge in [-0.15, -0.1) is 11.6 Å². The zero-order valence-electron chi connectivity index (χ0n) is 11.2. The van der Waals surface area contributed by atoms with Gasteiger partial charge in [-0.1, -0.05) is 26.0 Å². The van der Waals surface area contributed by atoms with Crippen LogP contribution < -0.4 is 0 Å². The summed E-state index contributed by atoms with van der Waals surface area (Å²) >= 11 is 6.05. The van der Waals surface area contributed by atoms with E-state index in [9.17, 15) is 0 Å². The number of alkyl halides is 1. The van der Waals surface area contributed by atoms with Gasteiger partial charge in [0.1, 0.15) is 5.82 Å². The van der Waals surface area contributed by atoms with Crippen LogP contribution in [0.25, 0.3) is 11.0 Å². The molecule has 3 heteroatoms. The van der Waals surface area contributed by atoms with Crippen molar-refractivity contribution in [1.82, 2.24) is 9.55 Å². The second-order valence-corrected chi connectivity index (χ2v) is 6.37. The molecule has 0 spiro atoms. The highest BCUT2D eigenvalue weighted by Crippen LogP contribution is 2.52. The zero-order valence-corrected chi connectivity index (χ0v) is 12.0. The molecule has 1 aromatic heterocycles. The molecule has 1 fully saturated rings. The minimum absolute atomic E-state index is 0.487. The van der Waals surface area contributed by atoms with E-state index in [1.807, 2.05) is 0 Å². The summed E-state index contributed by atoms with van der Waals surface area (Å²) in [5.74, 6) is 2.25. The van der Waals surface area contributed by atoms with Gasteiger partial charge in [-0.05, 0) is 36.3 Å². The van der Waals surface area contributed by atoms with Crippen LogP contribution in [-0.2, 0) is 12.4 Å². The van der Waals surface area contributed by atoms with Crippen LogP contribution in [0.4, 0.5) is 0 Å². The summed E-state index contributed by atoms with van der Waals surface area (Å²) in [6.07, 6.45) is 1.31. The molecule has 3 rings (SSSR count). The standard InChI is InChI=1S/C15H19ClN2/c1-10-5-4-6-12-14(10)18(13(8-16)17-12)9-11-7-15(11,2)3/h4-6,11H,7-9H2,1-3H3. The molecule has 2 aromatic rings. The van der Waals surface area contributed by atoms with Gasteiger partial charge in [-0.25, -0.2) is 4.98 Å². The Labute approximate surface area is 113 Å². The Morgan fingerprint density at radius 1 is 1.44 bits per heavy atom. The third kappa shape index (κ3) is 1.83. The Morgan fingerprint density at radius 3 is 2.78 bits per heavy atom. The van der Waals surface area contributed by atoms with Crippen molar-refractivity contribution in [2.45, 2.75) is 39.6 Å². The Morgan fingerprint density at radius 2 is 2.17 bits per heavy atom. The number of fused-ring (bicyclic) bond motifs is 1. The van der Waals surface area contributed by atoms with Crippen molar-refractivity contribution in [3.8, 4) is 0 Å². The number of hydrogen-bond donors (Lipinski definition) is 0. The second kappa shape index (κ2) is 3.99. The van der Waals surface area contributed by atoms with Crippen LogP contribution in [0.2, 0.25) is 0 Å². The lowest BCUT2D eigenvalue weighted by Crippen LogP contribution is -2.07. The molecule has 0 amide bonds. The molecule has 1 aromatic carbocycles. The summed E-state index contributed by atoms with van der Waals surface area (Å²) in [6, 6.07) is 6.29. The van der Waals surface area contributed by atoms with E-state index in [-0.39, 0.29) is 0 Å². The number of nitrogens with zero attached hydrogens (tertiary/aromatic N) is 2. The molecule has 0 radical (unpaired) electrons. The van der Waals surface area contributed by atoms with Gasteiger partial charge < -0.3 is 4.57 Å². The van der Waals surface area contributed by atoms with Crippen LogP contribution in [0.15, 0.2) is 18.2 Å². The van der Waals surface area contributed by atoms with Crippen molar-refractivity contribution in [3.63, 3.8) is 0 Å². The fourth-order valence-electron chi connectivity index (χ4n) is 2.82. The summed E-state index contributed by atoms with van der Waals surface area (Å²) in [7, 11) is 0. The number of aryl methyl sites for hydroxylation is 1. The fraction of sp³-hybridized carbons (Fsp3) is 0.533. The molecule has 1 atom stereocenters. The first-order chi connectivity index (χ1) is 8.53. The van der Waals surface area contributed by atoms with Crippen molar-refractivity contribution in [1.29, 1.82) is 0 Å². The molecule has 18 heavy (non-hydrogen) atoms. The normalized spacial score (nSPS) is 21.4. The van der Waals surface area contributed by atoms with Crippen LogP contribution >= 0.6 is 11.6 Å². The van der Waals surface area contributed by atoms with Crippen LogP contribution in [0.5, 0.6) is 0 Å². The first-order valence-electron chi connectivity index (χ1n) is 6.53. The first kappa shape index (κ1) is 12.0. The van der Waals surface area contributed by atoms with E-state index in [4.69, 9.17) is 11.6 Å². The van der Waals surface area contributed by atoms with Crippen LogP contribution in [0, 0.1) is 18.3 Å². The zero-order chi connectivity index (χ0) is 12.9. The third-order valence-corrected chi connectivity index (χ3v) is 4.53. The summed E-state index contributed by atoms with van der Waals surface area (Å²) in [4.78, 5) is 4.65. The molecule has 1 unspecified atom stereocenters. The highest BCUT2D eigenvalue weighted by Gasteiger charge is 2.45. The van der Waals surface area contributed by atoms with E-state index in [1.54, 1.807) is 0 Å². The van der Waals surface area contributed by atoms with Gasteiger partial charge >= 0.3 is 0 Å².